The Bertz CT molecular complexity index is 821. The third kappa shape index (κ3) is 1.70. The molecule has 0 aliphatic heterocycles. The highest BCUT2D eigenvalue weighted by Gasteiger charge is 2.19. The van der Waals surface area contributed by atoms with Gasteiger partial charge in [-0.1, -0.05) is 0 Å². The van der Waals surface area contributed by atoms with E-state index in [-0.39, 0.29) is 6.04 Å². The summed E-state index contributed by atoms with van der Waals surface area (Å²) in [6.07, 6.45) is 1.64. The van der Waals surface area contributed by atoms with Gasteiger partial charge in [-0.3, -0.25) is 4.57 Å². The zero-order valence-corrected chi connectivity index (χ0v) is 11.1. The van der Waals surface area contributed by atoms with Gasteiger partial charge in [0.05, 0.1) is 28.7 Å². The summed E-state index contributed by atoms with van der Waals surface area (Å²) < 4.78 is 3.70. The molecule has 0 saturated carbocycles. The number of imidazole rings is 1. The van der Waals surface area contributed by atoms with Gasteiger partial charge in [0, 0.05) is 7.05 Å². The van der Waals surface area contributed by atoms with Crippen molar-refractivity contribution in [2.24, 2.45) is 7.05 Å². The third-order valence-corrected chi connectivity index (χ3v) is 3.35. The van der Waals surface area contributed by atoms with Gasteiger partial charge in [-0.15, -0.1) is 10.2 Å². The van der Waals surface area contributed by atoms with Gasteiger partial charge in [0.1, 0.15) is 6.33 Å². The lowest BCUT2D eigenvalue weighted by molar-refractivity contribution is 0.594. The van der Waals surface area contributed by atoms with Crippen LogP contribution >= 0.6 is 0 Å². The van der Waals surface area contributed by atoms with E-state index in [9.17, 15) is 0 Å². The van der Waals surface area contributed by atoms with Crippen molar-refractivity contribution in [3.05, 3.63) is 35.9 Å². The highest BCUT2D eigenvalue weighted by Crippen LogP contribution is 2.26. The molecule has 7 heteroatoms. The number of nitriles is 1. The van der Waals surface area contributed by atoms with Crippen LogP contribution in [0.1, 0.15) is 24.4 Å². The lowest BCUT2D eigenvalue weighted by Gasteiger charge is -2.15. The number of aromatic nitrogens is 5. The van der Waals surface area contributed by atoms with Crippen molar-refractivity contribution in [1.29, 1.82) is 5.26 Å². The summed E-state index contributed by atoms with van der Waals surface area (Å²) in [4.78, 5) is 4.32. The number of nitrogens with zero attached hydrogens (tertiary/aromatic N) is 6. The Morgan fingerprint density at radius 3 is 2.85 bits per heavy atom. The number of hydrogen-bond donors (Lipinski definition) is 1. The number of aryl methyl sites for hydroxylation is 1. The molecule has 0 aliphatic carbocycles. The monoisotopic (exact) mass is 267 g/mol. The number of fused-ring (bicyclic) bond motifs is 1. The first kappa shape index (κ1) is 12.2. The molecule has 0 radical (unpaired) electrons. The van der Waals surface area contributed by atoms with Gasteiger partial charge in [0.2, 0.25) is 5.95 Å². The van der Waals surface area contributed by atoms with E-state index >= 15 is 0 Å². The van der Waals surface area contributed by atoms with E-state index in [4.69, 9.17) is 11.0 Å². The van der Waals surface area contributed by atoms with E-state index in [1.807, 2.05) is 23.1 Å². The van der Waals surface area contributed by atoms with Crippen molar-refractivity contribution in [3.63, 3.8) is 0 Å². The minimum Gasteiger partial charge on any atom is -0.369 e. The smallest absolute Gasteiger partial charge is 0.201 e. The van der Waals surface area contributed by atoms with Gasteiger partial charge in [0.15, 0.2) is 5.82 Å². The fourth-order valence-corrected chi connectivity index (χ4v) is 2.37. The molecule has 0 fully saturated rings. The van der Waals surface area contributed by atoms with Gasteiger partial charge >= 0.3 is 0 Å². The summed E-state index contributed by atoms with van der Waals surface area (Å²) in [5, 5.41) is 17.0. The predicted octanol–water partition coefficient (Wildman–Crippen LogP) is 1.23. The molecule has 0 saturated heterocycles. The first-order valence-electron chi connectivity index (χ1n) is 6.13. The summed E-state index contributed by atoms with van der Waals surface area (Å²) in [6, 6.07) is 7.31. The first-order chi connectivity index (χ1) is 9.61. The zero-order chi connectivity index (χ0) is 14.3. The maximum Gasteiger partial charge on any atom is 0.201 e. The molecular weight excluding hydrogens is 254 g/mol. The van der Waals surface area contributed by atoms with E-state index in [1.165, 1.54) is 0 Å². The second kappa shape index (κ2) is 4.35. The molecule has 0 spiro atoms. The molecule has 1 aromatic carbocycles. The van der Waals surface area contributed by atoms with Crippen LogP contribution in [-0.2, 0) is 7.05 Å². The number of anilines is 1. The van der Waals surface area contributed by atoms with Crippen molar-refractivity contribution in [2.75, 3.05) is 5.73 Å². The van der Waals surface area contributed by atoms with Crippen LogP contribution in [-0.4, -0.2) is 24.3 Å². The topological polar surface area (TPSA) is 98.3 Å². The highest BCUT2D eigenvalue weighted by atomic mass is 15.3. The molecule has 100 valence electrons. The van der Waals surface area contributed by atoms with Gasteiger partial charge < -0.3 is 10.3 Å². The minimum atomic E-state index is -0.124. The summed E-state index contributed by atoms with van der Waals surface area (Å²) in [5.41, 5.74) is 8.16. The summed E-state index contributed by atoms with van der Waals surface area (Å²) in [7, 11) is 1.88. The van der Waals surface area contributed by atoms with Gasteiger partial charge in [0.25, 0.3) is 0 Å². The SMILES string of the molecule is CC(c1nncn1C)n1c(N)nc2ccc(C#N)cc21. The predicted molar refractivity (Wildman–Crippen MR) is 73.7 cm³/mol. The van der Waals surface area contributed by atoms with Crippen LogP contribution in [0.4, 0.5) is 5.95 Å². The highest BCUT2D eigenvalue weighted by molar-refractivity contribution is 5.80. The maximum atomic E-state index is 9.02. The molecule has 0 bridgehead atoms. The van der Waals surface area contributed by atoms with Gasteiger partial charge in [-0.05, 0) is 25.1 Å². The molecule has 0 amide bonds. The van der Waals surface area contributed by atoms with E-state index < -0.39 is 0 Å². The Kier molecular flexibility index (Phi) is 2.64. The van der Waals surface area contributed by atoms with E-state index in [0.717, 1.165) is 16.9 Å². The first-order valence-corrected chi connectivity index (χ1v) is 6.13. The number of nitrogen functional groups attached to an aromatic ring is 1. The summed E-state index contributed by atoms with van der Waals surface area (Å²) >= 11 is 0. The normalized spacial score (nSPS) is 12.4. The van der Waals surface area contributed by atoms with Crippen molar-refractivity contribution >= 4 is 17.0 Å². The van der Waals surface area contributed by atoms with Crippen LogP contribution in [0.5, 0.6) is 0 Å². The fourth-order valence-electron chi connectivity index (χ4n) is 2.37. The number of benzene rings is 1. The number of rotatable bonds is 2. The van der Waals surface area contributed by atoms with Gasteiger partial charge in [-0.25, -0.2) is 4.98 Å². The molecule has 3 aromatic rings. The van der Waals surface area contributed by atoms with Crippen LogP contribution < -0.4 is 5.73 Å². The Morgan fingerprint density at radius 1 is 1.40 bits per heavy atom. The number of nitrogens with two attached hydrogens (primary N) is 1. The Labute approximate surface area is 115 Å². The molecule has 1 atom stereocenters. The molecule has 2 N–H and O–H groups in total. The van der Waals surface area contributed by atoms with Crippen LogP contribution in [0, 0.1) is 11.3 Å². The lowest BCUT2D eigenvalue weighted by Crippen LogP contribution is -2.14. The van der Waals surface area contributed by atoms with E-state index in [2.05, 4.69) is 21.3 Å². The molecule has 3 rings (SSSR count). The Hall–Kier alpha value is -2.88. The fraction of sp³-hybridized carbons (Fsp3) is 0.231. The van der Waals surface area contributed by atoms with Crippen LogP contribution in [0.2, 0.25) is 0 Å². The molecule has 1 unspecified atom stereocenters. The largest absolute Gasteiger partial charge is 0.369 e. The van der Waals surface area contributed by atoms with Crippen molar-refractivity contribution < 1.29 is 0 Å². The average Bonchev–Trinajstić information content (AvgIpc) is 2.99. The van der Waals surface area contributed by atoms with Crippen LogP contribution in [0.25, 0.3) is 11.0 Å². The molecule has 2 aromatic heterocycles. The molecule has 20 heavy (non-hydrogen) atoms. The average molecular weight is 267 g/mol. The minimum absolute atomic E-state index is 0.124. The van der Waals surface area contributed by atoms with Gasteiger partial charge in [-0.2, -0.15) is 5.26 Å². The second-order valence-corrected chi connectivity index (χ2v) is 4.63. The zero-order valence-electron chi connectivity index (χ0n) is 11.1. The van der Waals surface area contributed by atoms with Crippen molar-refractivity contribution in [1.82, 2.24) is 24.3 Å². The van der Waals surface area contributed by atoms with E-state index in [0.29, 0.717) is 11.5 Å². The standard InChI is InChI=1S/C13H13N7/c1-8(12-18-16-7-19(12)2)20-11-5-9(6-14)3-4-10(11)17-13(20)15/h3-5,7-8H,1-2H3,(H2,15,17). The number of hydrogen-bond acceptors (Lipinski definition) is 5. The Morgan fingerprint density at radius 2 is 2.20 bits per heavy atom. The van der Waals surface area contributed by atoms with Crippen molar-refractivity contribution in [2.45, 2.75) is 13.0 Å². The van der Waals surface area contributed by atoms with Crippen molar-refractivity contribution in [3.8, 4) is 6.07 Å². The third-order valence-electron chi connectivity index (χ3n) is 3.35. The lowest BCUT2D eigenvalue weighted by atomic mass is 10.2. The molecule has 0 aliphatic rings. The van der Waals surface area contributed by atoms with E-state index in [1.54, 1.807) is 24.5 Å². The van der Waals surface area contributed by atoms with Crippen LogP contribution in [0.15, 0.2) is 24.5 Å². The Balaban J connectivity index is 2.23. The maximum absolute atomic E-state index is 9.02. The quantitative estimate of drug-likeness (QED) is 0.752. The molecular formula is C13H13N7. The second-order valence-electron chi connectivity index (χ2n) is 4.63. The summed E-state index contributed by atoms with van der Waals surface area (Å²) in [5.74, 6) is 1.17. The molecule has 7 nitrogen and oxygen atoms in total. The molecule has 2 heterocycles. The summed E-state index contributed by atoms with van der Waals surface area (Å²) in [6.45, 7) is 1.97. The van der Waals surface area contributed by atoms with Crippen LogP contribution in [0.3, 0.4) is 0 Å².